The highest BCUT2D eigenvalue weighted by molar-refractivity contribution is 5.93. The molecule has 122 valence electrons. The normalized spacial score (nSPS) is 9.83. The van der Waals surface area contributed by atoms with Crippen LogP contribution in [0, 0.1) is 20.2 Å². The van der Waals surface area contributed by atoms with Crippen LogP contribution in [-0.2, 0) is 9.78 Å². The van der Waals surface area contributed by atoms with Gasteiger partial charge in [0.05, 0.1) is 21.0 Å². The third-order valence-electron chi connectivity index (χ3n) is 2.78. The number of benzene rings is 2. The van der Waals surface area contributed by atoms with Crippen LogP contribution in [-0.4, -0.2) is 21.8 Å². The first-order valence-corrected chi connectivity index (χ1v) is 6.30. The molecule has 0 radical (unpaired) electrons. The minimum Gasteiger partial charge on any atom is -0.258 e. The molecular formula is C14H8N2O8. The molecule has 0 fully saturated rings. The van der Waals surface area contributed by atoms with Crippen molar-refractivity contribution in [2.45, 2.75) is 0 Å². The second-order valence-electron chi connectivity index (χ2n) is 4.36. The Bertz CT molecular complexity index is 764. The largest absolute Gasteiger partial charge is 0.386 e. The van der Waals surface area contributed by atoms with Crippen LogP contribution in [0.1, 0.15) is 20.7 Å². The standard InChI is InChI=1S/C14H8N2O8/c17-13(9-3-1-5-11(7-9)15(19)20)23-24-14(18)10-4-2-6-12(8-10)16(21)22/h1-8H. The molecule has 2 aromatic rings. The molecule has 10 nitrogen and oxygen atoms in total. The second-order valence-corrected chi connectivity index (χ2v) is 4.36. The van der Waals surface area contributed by atoms with Gasteiger partial charge in [-0.3, -0.25) is 20.2 Å². The molecule has 0 aromatic heterocycles. The third kappa shape index (κ3) is 3.88. The number of nitrogens with zero attached hydrogens (tertiary/aromatic N) is 2. The Kier molecular flexibility index (Phi) is 4.80. The first-order chi connectivity index (χ1) is 11.4. The van der Waals surface area contributed by atoms with Gasteiger partial charge in [-0.1, -0.05) is 12.1 Å². The van der Waals surface area contributed by atoms with E-state index in [1.165, 1.54) is 36.4 Å². The summed E-state index contributed by atoms with van der Waals surface area (Å²) < 4.78 is 0. The molecule has 10 heteroatoms. The fourth-order valence-electron chi connectivity index (χ4n) is 1.66. The Morgan fingerprint density at radius 3 is 1.46 bits per heavy atom. The summed E-state index contributed by atoms with van der Waals surface area (Å²) in [5.74, 6) is -2.25. The molecule has 0 aliphatic carbocycles. The van der Waals surface area contributed by atoms with E-state index in [-0.39, 0.29) is 22.5 Å². The first-order valence-electron chi connectivity index (χ1n) is 6.30. The quantitative estimate of drug-likeness (QED) is 0.472. The molecule has 0 N–H and O–H groups in total. The smallest absolute Gasteiger partial charge is 0.258 e. The van der Waals surface area contributed by atoms with Crippen LogP contribution in [0.15, 0.2) is 48.5 Å². The van der Waals surface area contributed by atoms with Crippen LogP contribution in [0.2, 0.25) is 0 Å². The van der Waals surface area contributed by atoms with E-state index in [0.717, 1.165) is 12.1 Å². The summed E-state index contributed by atoms with van der Waals surface area (Å²) in [6.07, 6.45) is 0. The molecule has 2 aromatic carbocycles. The fourth-order valence-corrected chi connectivity index (χ4v) is 1.66. The van der Waals surface area contributed by atoms with Gasteiger partial charge in [-0.15, -0.1) is 0 Å². The van der Waals surface area contributed by atoms with Gasteiger partial charge < -0.3 is 0 Å². The van der Waals surface area contributed by atoms with Gasteiger partial charge in [0.1, 0.15) is 0 Å². The first kappa shape index (κ1) is 16.5. The zero-order valence-electron chi connectivity index (χ0n) is 11.8. The minimum atomic E-state index is -1.13. The van der Waals surface area contributed by atoms with E-state index in [1.54, 1.807) is 0 Å². The van der Waals surface area contributed by atoms with E-state index in [4.69, 9.17) is 0 Å². The summed E-state index contributed by atoms with van der Waals surface area (Å²) >= 11 is 0. The number of hydrogen-bond donors (Lipinski definition) is 0. The highest BCUT2D eigenvalue weighted by atomic mass is 17.2. The maximum Gasteiger partial charge on any atom is 0.386 e. The third-order valence-corrected chi connectivity index (χ3v) is 2.78. The van der Waals surface area contributed by atoms with Gasteiger partial charge in [-0.2, -0.15) is 0 Å². The van der Waals surface area contributed by atoms with Gasteiger partial charge in [0.2, 0.25) is 0 Å². The molecule has 0 heterocycles. The van der Waals surface area contributed by atoms with E-state index < -0.39 is 21.8 Å². The SMILES string of the molecule is O=C(OOC(=O)c1cccc([N+](=O)[O-])c1)c1cccc([N+](=O)[O-])c1. The van der Waals surface area contributed by atoms with Crippen LogP contribution in [0.4, 0.5) is 11.4 Å². The minimum absolute atomic E-state index is 0.198. The Labute approximate surface area is 133 Å². The summed E-state index contributed by atoms with van der Waals surface area (Å²) in [4.78, 5) is 51.8. The Balaban J connectivity index is 2.05. The number of nitro benzene ring substituents is 2. The predicted molar refractivity (Wildman–Crippen MR) is 77.0 cm³/mol. The van der Waals surface area contributed by atoms with E-state index in [2.05, 4.69) is 9.78 Å². The summed E-state index contributed by atoms with van der Waals surface area (Å²) in [5, 5.41) is 21.3. The number of non-ortho nitro benzene ring substituents is 2. The molecule has 0 atom stereocenters. The number of carbonyl (C=O) groups is 2. The average molecular weight is 332 g/mol. The van der Waals surface area contributed by atoms with Crippen molar-refractivity contribution in [1.29, 1.82) is 0 Å². The van der Waals surface area contributed by atoms with Crippen LogP contribution >= 0.6 is 0 Å². The van der Waals surface area contributed by atoms with E-state index in [0.29, 0.717) is 0 Å². The van der Waals surface area contributed by atoms with Crippen LogP contribution in [0.3, 0.4) is 0 Å². The van der Waals surface area contributed by atoms with E-state index >= 15 is 0 Å². The molecule has 0 bridgehead atoms. The molecule has 0 saturated heterocycles. The molecule has 0 saturated carbocycles. The van der Waals surface area contributed by atoms with E-state index in [1.807, 2.05) is 0 Å². The van der Waals surface area contributed by atoms with Gasteiger partial charge in [0, 0.05) is 24.3 Å². The van der Waals surface area contributed by atoms with Crippen molar-refractivity contribution in [1.82, 2.24) is 0 Å². The molecule has 2 rings (SSSR count). The van der Waals surface area contributed by atoms with Gasteiger partial charge in [0.15, 0.2) is 0 Å². The van der Waals surface area contributed by atoms with Crippen LogP contribution < -0.4 is 0 Å². The van der Waals surface area contributed by atoms with Crippen molar-refractivity contribution in [2.75, 3.05) is 0 Å². The molecule has 0 aliphatic heterocycles. The highest BCUT2D eigenvalue weighted by Gasteiger charge is 2.18. The molecule has 0 aliphatic rings. The Morgan fingerprint density at radius 1 is 0.750 bits per heavy atom. The highest BCUT2D eigenvalue weighted by Crippen LogP contribution is 2.16. The Hall–Kier alpha value is -3.82. The van der Waals surface area contributed by atoms with Gasteiger partial charge in [-0.25, -0.2) is 19.4 Å². The van der Waals surface area contributed by atoms with Gasteiger partial charge in [0.25, 0.3) is 11.4 Å². The lowest BCUT2D eigenvalue weighted by molar-refractivity contribution is -0.385. The number of hydrogen-bond acceptors (Lipinski definition) is 8. The van der Waals surface area contributed by atoms with Crippen molar-refractivity contribution in [3.05, 3.63) is 79.9 Å². The summed E-state index contributed by atoms with van der Waals surface area (Å²) in [7, 11) is 0. The van der Waals surface area contributed by atoms with Crippen molar-refractivity contribution in [2.24, 2.45) is 0 Å². The van der Waals surface area contributed by atoms with Crippen molar-refractivity contribution in [3.8, 4) is 0 Å². The summed E-state index contributed by atoms with van der Waals surface area (Å²) in [6.45, 7) is 0. The fraction of sp³-hybridized carbons (Fsp3) is 0. The monoisotopic (exact) mass is 332 g/mol. The van der Waals surface area contributed by atoms with Crippen molar-refractivity contribution < 1.29 is 29.2 Å². The molecule has 0 spiro atoms. The number of rotatable bonds is 4. The number of nitro groups is 2. The van der Waals surface area contributed by atoms with Crippen molar-refractivity contribution in [3.63, 3.8) is 0 Å². The molecule has 24 heavy (non-hydrogen) atoms. The van der Waals surface area contributed by atoms with Crippen LogP contribution in [0.5, 0.6) is 0 Å². The molecule has 0 amide bonds. The topological polar surface area (TPSA) is 139 Å². The predicted octanol–water partition coefficient (Wildman–Crippen LogP) is 2.43. The number of carbonyl (C=O) groups excluding carboxylic acids is 2. The molecular weight excluding hydrogens is 324 g/mol. The lowest BCUT2D eigenvalue weighted by Gasteiger charge is -2.03. The van der Waals surface area contributed by atoms with Crippen LogP contribution in [0.25, 0.3) is 0 Å². The molecule has 0 unspecified atom stereocenters. The van der Waals surface area contributed by atoms with Gasteiger partial charge in [-0.05, 0) is 12.1 Å². The Morgan fingerprint density at radius 2 is 1.12 bits per heavy atom. The zero-order valence-corrected chi connectivity index (χ0v) is 11.8. The summed E-state index contributed by atoms with van der Waals surface area (Å²) in [5.41, 5.74) is -1.07. The zero-order chi connectivity index (χ0) is 17.7. The average Bonchev–Trinajstić information content (AvgIpc) is 2.59. The lowest BCUT2D eigenvalue weighted by Crippen LogP contribution is -2.12. The van der Waals surface area contributed by atoms with Gasteiger partial charge >= 0.3 is 11.9 Å². The lowest BCUT2D eigenvalue weighted by atomic mass is 10.2. The van der Waals surface area contributed by atoms with E-state index in [9.17, 15) is 29.8 Å². The second kappa shape index (κ2) is 6.96. The maximum atomic E-state index is 11.7. The van der Waals surface area contributed by atoms with Crippen molar-refractivity contribution >= 4 is 23.3 Å². The maximum absolute atomic E-state index is 11.7. The summed E-state index contributed by atoms with van der Waals surface area (Å²) in [6, 6.07) is 9.23.